The van der Waals surface area contributed by atoms with E-state index in [1.165, 1.54) is 5.56 Å². The van der Waals surface area contributed by atoms with Gasteiger partial charge in [-0.05, 0) is 30.0 Å². The standard InChI is InChI=1S/C13H18N2O/c1-8(2)9-4-3-5-10(6-9)15-13(16)11-7-12(11)14/h3-6,8,11-12H,7,14H2,1-2H3,(H,15,16). The van der Waals surface area contributed by atoms with Crippen LogP contribution in [0, 0.1) is 5.92 Å². The maximum atomic E-state index is 11.7. The third-order valence-corrected chi connectivity index (χ3v) is 3.00. The lowest BCUT2D eigenvalue weighted by atomic mass is 10.0. The van der Waals surface area contributed by atoms with Crippen LogP contribution < -0.4 is 11.1 Å². The number of anilines is 1. The minimum Gasteiger partial charge on any atom is -0.327 e. The van der Waals surface area contributed by atoms with Crippen molar-refractivity contribution in [2.24, 2.45) is 11.7 Å². The predicted octanol–water partition coefficient (Wildman–Crippen LogP) is 2.10. The monoisotopic (exact) mass is 218 g/mol. The highest BCUT2D eigenvalue weighted by Gasteiger charge is 2.39. The molecule has 3 nitrogen and oxygen atoms in total. The Hall–Kier alpha value is -1.35. The summed E-state index contributed by atoms with van der Waals surface area (Å²) in [5.41, 5.74) is 7.74. The molecule has 3 heteroatoms. The largest absolute Gasteiger partial charge is 0.327 e. The van der Waals surface area contributed by atoms with Gasteiger partial charge in [0.15, 0.2) is 0 Å². The van der Waals surface area contributed by atoms with Crippen molar-refractivity contribution in [3.8, 4) is 0 Å². The fraction of sp³-hybridized carbons (Fsp3) is 0.462. The van der Waals surface area contributed by atoms with Gasteiger partial charge in [0.2, 0.25) is 5.91 Å². The van der Waals surface area contributed by atoms with Crippen molar-refractivity contribution in [2.45, 2.75) is 32.2 Å². The van der Waals surface area contributed by atoms with Gasteiger partial charge in [-0.1, -0.05) is 26.0 Å². The molecule has 2 atom stereocenters. The minimum atomic E-state index is 0.0164. The summed E-state index contributed by atoms with van der Waals surface area (Å²) in [7, 11) is 0. The Kier molecular flexibility index (Phi) is 2.97. The fourth-order valence-electron chi connectivity index (χ4n) is 1.73. The highest BCUT2D eigenvalue weighted by atomic mass is 16.2. The summed E-state index contributed by atoms with van der Waals surface area (Å²) in [6.45, 7) is 4.27. The number of carbonyl (C=O) groups excluding carboxylic acids is 1. The number of amides is 1. The van der Waals surface area contributed by atoms with E-state index in [-0.39, 0.29) is 17.9 Å². The van der Waals surface area contributed by atoms with E-state index >= 15 is 0 Å². The van der Waals surface area contributed by atoms with Crippen molar-refractivity contribution >= 4 is 11.6 Å². The van der Waals surface area contributed by atoms with Crippen LogP contribution in [0.5, 0.6) is 0 Å². The summed E-state index contributed by atoms with van der Waals surface area (Å²) in [5, 5.41) is 2.91. The van der Waals surface area contributed by atoms with Crippen LogP contribution in [0.4, 0.5) is 5.69 Å². The molecule has 86 valence electrons. The second-order valence-corrected chi connectivity index (χ2v) is 4.78. The Labute approximate surface area is 96.0 Å². The number of hydrogen-bond acceptors (Lipinski definition) is 2. The molecule has 1 aromatic carbocycles. The van der Waals surface area contributed by atoms with Gasteiger partial charge in [-0.2, -0.15) is 0 Å². The first-order valence-corrected chi connectivity index (χ1v) is 5.74. The number of nitrogens with two attached hydrogens (primary N) is 1. The Morgan fingerprint density at radius 3 is 2.75 bits per heavy atom. The summed E-state index contributed by atoms with van der Waals surface area (Å²) >= 11 is 0. The number of nitrogens with one attached hydrogen (secondary N) is 1. The Morgan fingerprint density at radius 1 is 1.50 bits per heavy atom. The molecule has 2 unspecified atom stereocenters. The third kappa shape index (κ3) is 2.42. The molecule has 1 aliphatic carbocycles. The molecule has 2 rings (SSSR count). The first-order chi connectivity index (χ1) is 7.58. The maximum absolute atomic E-state index is 11.7. The van der Waals surface area contributed by atoms with Crippen molar-refractivity contribution < 1.29 is 4.79 Å². The molecule has 1 aromatic rings. The molecule has 1 saturated carbocycles. The Morgan fingerprint density at radius 2 is 2.19 bits per heavy atom. The van der Waals surface area contributed by atoms with Gasteiger partial charge in [0.05, 0.1) is 5.92 Å². The number of carbonyl (C=O) groups is 1. The first-order valence-electron chi connectivity index (χ1n) is 5.74. The first kappa shape index (κ1) is 11.1. The topological polar surface area (TPSA) is 55.1 Å². The molecule has 0 bridgehead atoms. The van der Waals surface area contributed by atoms with E-state index < -0.39 is 0 Å². The molecule has 0 saturated heterocycles. The fourth-order valence-corrected chi connectivity index (χ4v) is 1.73. The van der Waals surface area contributed by atoms with Crippen LogP contribution in [0.15, 0.2) is 24.3 Å². The van der Waals surface area contributed by atoms with Crippen molar-refractivity contribution in [1.29, 1.82) is 0 Å². The zero-order valence-electron chi connectivity index (χ0n) is 9.73. The molecule has 1 amide bonds. The second kappa shape index (κ2) is 4.26. The maximum Gasteiger partial charge on any atom is 0.229 e. The van der Waals surface area contributed by atoms with Gasteiger partial charge < -0.3 is 11.1 Å². The quantitative estimate of drug-likeness (QED) is 0.816. The number of hydrogen-bond donors (Lipinski definition) is 2. The van der Waals surface area contributed by atoms with Crippen LogP contribution in [0.1, 0.15) is 31.7 Å². The summed E-state index contributed by atoms with van der Waals surface area (Å²) in [5.74, 6) is 0.538. The van der Waals surface area contributed by atoms with E-state index in [9.17, 15) is 4.79 Å². The molecule has 0 aliphatic heterocycles. The molecule has 0 radical (unpaired) electrons. The van der Waals surface area contributed by atoms with Crippen molar-refractivity contribution in [3.63, 3.8) is 0 Å². The molecule has 0 aromatic heterocycles. The second-order valence-electron chi connectivity index (χ2n) is 4.78. The average Bonchev–Trinajstić information content (AvgIpc) is 2.96. The average molecular weight is 218 g/mol. The van der Waals surface area contributed by atoms with Crippen molar-refractivity contribution in [1.82, 2.24) is 0 Å². The van der Waals surface area contributed by atoms with Crippen LogP contribution in [-0.2, 0) is 4.79 Å². The van der Waals surface area contributed by atoms with Gasteiger partial charge in [0.25, 0.3) is 0 Å². The lowest BCUT2D eigenvalue weighted by Crippen LogP contribution is -2.18. The van der Waals surface area contributed by atoms with E-state index in [0.717, 1.165) is 12.1 Å². The van der Waals surface area contributed by atoms with E-state index in [2.05, 4.69) is 25.2 Å². The van der Waals surface area contributed by atoms with E-state index in [0.29, 0.717) is 5.92 Å². The van der Waals surface area contributed by atoms with E-state index in [1.807, 2.05) is 18.2 Å². The summed E-state index contributed by atoms with van der Waals surface area (Å²) in [4.78, 5) is 11.7. The molecular formula is C13H18N2O. The van der Waals surface area contributed by atoms with E-state index in [1.54, 1.807) is 0 Å². The highest BCUT2D eigenvalue weighted by molar-refractivity contribution is 5.94. The van der Waals surface area contributed by atoms with E-state index in [4.69, 9.17) is 5.73 Å². The summed E-state index contributed by atoms with van der Waals surface area (Å²) in [6, 6.07) is 8.04. The van der Waals surface area contributed by atoms with Crippen LogP contribution in [0.2, 0.25) is 0 Å². The molecule has 16 heavy (non-hydrogen) atoms. The van der Waals surface area contributed by atoms with Gasteiger partial charge in [0, 0.05) is 11.7 Å². The molecular weight excluding hydrogens is 200 g/mol. The van der Waals surface area contributed by atoms with Gasteiger partial charge in [-0.3, -0.25) is 4.79 Å². The summed E-state index contributed by atoms with van der Waals surface area (Å²) in [6.07, 6.45) is 0.815. The van der Waals surface area contributed by atoms with Gasteiger partial charge in [-0.25, -0.2) is 0 Å². The lowest BCUT2D eigenvalue weighted by Gasteiger charge is -2.09. The smallest absolute Gasteiger partial charge is 0.229 e. The van der Waals surface area contributed by atoms with Gasteiger partial charge in [0.1, 0.15) is 0 Å². The molecule has 0 spiro atoms. The van der Waals surface area contributed by atoms with Crippen LogP contribution in [0.3, 0.4) is 0 Å². The Balaban J connectivity index is 2.04. The molecule has 1 aliphatic rings. The Bertz CT molecular complexity index is 401. The van der Waals surface area contributed by atoms with Gasteiger partial charge in [-0.15, -0.1) is 0 Å². The zero-order valence-corrected chi connectivity index (χ0v) is 9.73. The van der Waals surface area contributed by atoms with Crippen molar-refractivity contribution in [2.75, 3.05) is 5.32 Å². The normalized spacial score (nSPS) is 23.2. The minimum absolute atomic E-state index is 0.0164. The number of benzene rings is 1. The number of rotatable bonds is 3. The molecule has 1 fully saturated rings. The van der Waals surface area contributed by atoms with Crippen molar-refractivity contribution in [3.05, 3.63) is 29.8 Å². The zero-order chi connectivity index (χ0) is 11.7. The highest BCUT2D eigenvalue weighted by Crippen LogP contribution is 2.29. The molecule has 3 N–H and O–H groups in total. The molecule has 0 heterocycles. The lowest BCUT2D eigenvalue weighted by molar-refractivity contribution is -0.117. The van der Waals surface area contributed by atoms with Gasteiger partial charge >= 0.3 is 0 Å². The third-order valence-electron chi connectivity index (χ3n) is 3.00. The van der Waals surface area contributed by atoms with Crippen LogP contribution in [0.25, 0.3) is 0 Å². The predicted molar refractivity (Wildman–Crippen MR) is 65.2 cm³/mol. The van der Waals surface area contributed by atoms with Crippen LogP contribution in [-0.4, -0.2) is 11.9 Å². The summed E-state index contributed by atoms with van der Waals surface area (Å²) < 4.78 is 0. The van der Waals surface area contributed by atoms with Crippen LogP contribution >= 0.6 is 0 Å². The SMILES string of the molecule is CC(C)c1cccc(NC(=O)C2CC2N)c1.